The normalized spacial score (nSPS) is 10.4. The summed E-state index contributed by atoms with van der Waals surface area (Å²) in [6.07, 6.45) is 3.23. The molecule has 1 heteroatoms. The summed E-state index contributed by atoms with van der Waals surface area (Å²) in [5, 5.41) is 0. The number of aryl methyl sites for hydroxylation is 2. The van der Waals surface area contributed by atoms with Gasteiger partial charge in [0.1, 0.15) is 0 Å². The number of hydrogen-bond donors (Lipinski definition) is 1. The first-order valence-corrected chi connectivity index (χ1v) is 5.12. The molecule has 0 aromatic heterocycles. The Labute approximate surface area is 81.0 Å². The Morgan fingerprint density at radius 3 is 2.38 bits per heavy atom. The molecule has 2 N–H and O–H groups in total. The molecular formula is C12H19N. The van der Waals surface area contributed by atoms with Gasteiger partial charge in [-0.25, -0.2) is 0 Å². The van der Waals surface area contributed by atoms with Gasteiger partial charge in [-0.15, -0.1) is 0 Å². The molecule has 0 aliphatic carbocycles. The monoisotopic (exact) mass is 177 g/mol. The molecule has 0 aliphatic rings. The van der Waals surface area contributed by atoms with E-state index in [1.54, 1.807) is 0 Å². The van der Waals surface area contributed by atoms with E-state index in [1.165, 1.54) is 16.7 Å². The lowest BCUT2D eigenvalue weighted by atomic mass is 9.99. The standard InChI is InChI=1S/C12H19N/c1-3-10-5-6-11(4-2)12(9-10)7-8-13/h5-6,9H,3-4,7-8,13H2,1-2H3. The number of rotatable bonds is 4. The van der Waals surface area contributed by atoms with Crippen LogP contribution in [0.5, 0.6) is 0 Å². The molecule has 72 valence electrons. The van der Waals surface area contributed by atoms with Crippen LogP contribution in [0.1, 0.15) is 30.5 Å². The first-order valence-electron chi connectivity index (χ1n) is 5.12. The topological polar surface area (TPSA) is 26.0 Å². The van der Waals surface area contributed by atoms with Crippen molar-refractivity contribution in [1.82, 2.24) is 0 Å². The van der Waals surface area contributed by atoms with Gasteiger partial charge in [0.15, 0.2) is 0 Å². The molecule has 13 heavy (non-hydrogen) atoms. The van der Waals surface area contributed by atoms with Crippen LogP contribution in [0, 0.1) is 0 Å². The third kappa shape index (κ3) is 2.56. The number of hydrogen-bond acceptors (Lipinski definition) is 1. The Kier molecular flexibility index (Phi) is 3.97. The highest BCUT2D eigenvalue weighted by molar-refractivity contribution is 5.32. The van der Waals surface area contributed by atoms with Gasteiger partial charge in [0.05, 0.1) is 0 Å². The van der Waals surface area contributed by atoms with Gasteiger partial charge in [0.2, 0.25) is 0 Å². The maximum Gasteiger partial charge on any atom is -0.00366 e. The second kappa shape index (κ2) is 5.03. The summed E-state index contributed by atoms with van der Waals surface area (Å²) in [5.41, 5.74) is 9.87. The predicted molar refractivity (Wildman–Crippen MR) is 58.0 cm³/mol. The van der Waals surface area contributed by atoms with Crippen molar-refractivity contribution in [3.8, 4) is 0 Å². The molecule has 1 aromatic rings. The molecule has 0 aliphatic heterocycles. The smallest absolute Gasteiger partial charge is 0.00366 e. The Morgan fingerprint density at radius 2 is 1.85 bits per heavy atom. The van der Waals surface area contributed by atoms with Crippen molar-refractivity contribution in [2.45, 2.75) is 33.1 Å². The van der Waals surface area contributed by atoms with Gasteiger partial charge in [-0.1, -0.05) is 32.0 Å². The molecule has 1 aromatic carbocycles. The molecule has 0 unspecified atom stereocenters. The van der Waals surface area contributed by atoms with Gasteiger partial charge < -0.3 is 5.73 Å². The fraction of sp³-hybridized carbons (Fsp3) is 0.500. The van der Waals surface area contributed by atoms with E-state index in [9.17, 15) is 0 Å². The lowest BCUT2D eigenvalue weighted by molar-refractivity contribution is 0.932. The first kappa shape index (κ1) is 10.3. The van der Waals surface area contributed by atoms with Crippen molar-refractivity contribution in [2.75, 3.05) is 6.54 Å². The second-order valence-electron chi connectivity index (χ2n) is 3.35. The van der Waals surface area contributed by atoms with E-state index in [0.29, 0.717) is 0 Å². The van der Waals surface area contributed by atoms with Crippen molar-refractivity contribution in [1.29, 1.82) is 0 Å². The molecule has 0 saturated carbocycles. The second-order valence-corrected chi connectivity index (χ2v) is 3.35. The fourth-order valence-corrected chi connectivity index (χ4v) is 1.63. The molecule has 0 amide bonds. The Hall–Kier alpha value is -0.820. The van der Waals surface area contributed by atoms with Crippen molar-refractivity contribution in [3.05, 3.63) is 34.9 Å². The van der Waals surface area contributed by atoms with Crippen LogP contribution in [0.2, 0.25) is 0 Å². The summed E-state index contributed by atoms with van der Waals surface area (Å²) >= 11 is 0. The van der Waals surface area contributed by atoms with E-state index in [0.717, 1.165) is 25.8 Å². The fourth-order valence-electron chi connectivity index (χ4n) is 1.63. The zero-order valence-electron chi connectivity index (χ0n) is 8.64. The highest BCUT2D eigenvalue weighted by Crippen LogP contribution is 2.13. The van der Waals surface area contributed by atoms with Crippen LogP contribution in [0.15, 0.2) is 18.2 Å². The Balaban J connectivity index is 2.95. The molecule has 0 heterocycles. The molecule has 0 bridgehead atoms. The number of nitrogens with two attached hydrogens (primary N) is 1. The van der Waals surface area contributed by atoms with Crippen molar-refractivity contribution < 1.29 is 0 Å². The van der Waals surface area contributed by atoms with Crippen LogP contribution in [0.25, 0.3) is 0 Å². The van der Waals surface area contributed by atoms with Gasteiger partial charge in [0, 0.05) is 0 Å². The molecule has 1 rings (SSSR count). The van der Waals surface area contributed by atoms with Crippen molar-refractivity contribution >= 4 is 0 Å². The van der Waals surface area contributed by atoms with E-state index in [1.807, 2.05) is 0 Å². The quantitative estimate of drug-likeness (QED) is 0.750. The lowest BCUT2D eigenvalue weighted by Gasteiger charge is -2.08. The van der Waals surface area contributed by atoms with Crippen LogP contribution in [0.4, 0.5) is 0 Å². The molecule has 0 saturated heterocycles. The van der Waals surface area contributed by atoms with Gasteiger partial charge >= 0.3 is 0 Å². The SMILES string of the molecule is CCc1ccc(CC)c(CCN)c1. The molecule has 0 atom stereocenters. The van der Waals surface area contributed by atoms with Gasteiger partial charge in [-0.3, -0.25) is 0 Å². The van der Waals surface area contributed by atoms with Gasteiger partial charge in [-0.05, 0) is 42.5 Å². The summed E-state index contributed by atoms with van der Waals surface area (Å²) in [6, 6.07) is 6.76. The first-order chi connectivity index (χ1) is 6.31. The van der Waals surface area contributed by atoms with E-state index in [4.69, 9.17) is 5.73 Å². The molecular weight excluding hydrogens is 158 g/mol. The summed E-state index contributed by atoms with van der Waals surface area (Å²) in [7, 11) is 0. The highest BCUT2D eigenvalue weighted by atomic mass is 14.5. The summed E-state index contributed by atoms with van der Waals surface area (Å²) in [6.45, 7) is 5.13. The van der Waals surface area contributed by atoms with Crippen molar-refractivity contribution in [2.24, 2.45) is 5.73 Å². The lowest BCUT2D eigenvalue weighted by Crippen LogP contribution is -2.05. The van der Waals surface area contributed by atoms with Gasteiger partial charge in [-0.2, -0.15) is 0 Å². The summed E-state index contributed by atoms with van der Waals surface area (Å²) in [5.74, 6) is 0. The summed E-state index contributed by atoms with van der Waals surface area (Å²) in [4.78, 5) is 0. The zero-order valence-corrected chi connectivity index (χ0v) is 8.64. The van der Waals surface area contributed by atoms with Crippen LogP contribution >= 0.6 is 0 Å². The third-order valence-electron chi connectivity index (χ3n) is 2.47. The average molecular weight is 177 g/mol. The van der Waals surface area contributed by atoms with Crippen LogP contribution in [0.3, 0.4) is 0 Å². The van der Waals surface area contributed by atoms with E-state index in [2.05, 4.69) is 32.0 Å². The average Bonchev–Trinajstić information content (AvgIpc) is 2.18. The molecule has 1 nitrogen and oxygen atoms in total. The Morgan fingerprint density at radius 1 is 1.08 bits per heavy atom. The number of benzene rings is 1. The maximum absolute atomic E-state index is 5.58. The van der Waals surface area contributed by atoms with Crippen LogP contribution in [-0.2, 0) is 19.3 Å². The van der Waals surface area contributed by atoms with Crippen molar-refractivity contribution in [3.63, 3.8) is 0 Å². The summed E-state index contributed by atoms with van der Waals surface area (Å²) < 4.78 is 0. The molecule has 0 spiro atoms. The van der Waals surface area contributed by atoms with E-state index < -0.39 is 0 Å². The van der Waals surface area contributed by atoms with Crippen LogP contribution < -0.4 is 5.73 Å². The largest absolute Gasteiger partial charge is 0.330 e. The van der Waals surface area contributed by atoms with Gasteiger partial charge in [0.25, 0.3) is 0 Å². The zero-order chi connectivity index (χ0) is 9.68. The third-order valence-corrected chi connectivity index (χ3v) is 2.47. The minimum absolute atomic E-state index is 0.750. The minimum Gasteiger partial charge on any atom is -0.330 e. The van der Waals surface area contributed by atoms with Crippen LogP contribution in [-0.4, -0.2) is 6.54 Å². The van der Waals surface area contributed by atoms with E-state index >= 15 is 0 Å². The highest BCUT2D eigenvalue weighted by Gasteiger charge is 2.00. The Bertz CT molecular complexity index is 266. The van der Waals surface area contributed by atoms with E-state index in [-0.39, 0.29) is 0 Å². The molecule has 0 fully saturated rings. The maximum atomic E-state index is 5.58. The predicted octanol–water partition coefficient (Wildman–Crippen LogP) is 2.31. The molecule has 0 radical (unpaired) electrons. The minimum atomic E-state index is 0.750.